The quantitative estimate of drug-likeness (QED) is 0.623. The van der Waals surface area contributed by atoms with Gasteiger partial charge < -0.3 is 14.8 Å². The second kappa shape index (κ2) is 7.10. The second-order valence-electron chi connectivity index (χ2n) is 5.40. The van der Waals surface area contributed by atoms with Crippen LogP contribution in [0.15, 0.2) is 40.6 Å². The van der Waals surface area contributed by atoms with Gasteiger partial charge in [0, 0.05) is 16.6 Å². The maximum Gasteiger partial charge on any atom is 0.266 e. The van der Waals surface area contributed by atoms with Gasteiger partial charge in [-0.2, -0.15) is 0 Å². The van der Waals surface area contributed by atoms with E-state index in [9.17, 15) is 9.59 Å². The maximum absolute atomic E-state index is 12.5. The average molecular weight is 404 g/mol. The van der Waals surface area contributed by atoms with E-state index in [0.29, 0.717) is 26.4 Å². The molecule has 1 aromatic heterocycles. The van der Waals surface area contributed by atoms with Crippen molar-refractivity contribution in [3.05, 3.63) is 45.5 Å². The van der Waals surface area contributed by atoms with Crippen molar-refractivity contribution in [1.82, 2.24) is 4.90 Å². The van der Waals surface area contributed by atoms with Gasteiger partial charge in [-0.15, -0.1) is 11.3 Å². The second-order valence-corrected chi connectivity index (χ2v) is 8.05. The fourth-order valence-electron chi connectivity index (χ4n) is 2.46. The van der Waals surface area contributed by atoms with Crippen molar-refractivity contribution < 1.29 is 19.1 Å². The van der Waals surface area contributed by atoms with Gasteiger partial charge in [-0.1, -0.05) is 30.0 Å². The van der Waals surface area contributed by atoms with E-state index in [4.69, 9.17) is 21.7 Å². The van der Waals surface area contributed by atoms with Gasteiger partial charge in [0.1, 0.15) is 10.9 Å². The molecule has 0 aliphatic carbocycles. The first-order chi connectivity index (χ1) is 12.6. The molecule has 4 rings (SSSR count). The van der Waals surface area contributed by atoms with Crippen LogP contribution in [-0.4, -0.2) is 34.4 Å². The summed E-state index contributed by atoms with van der Waals surface area (Å²) in [5.41, 5.74) is 0.568. The molecule has 3 heterocycles. The SMILES string of the molecule is O=C(CN1C(=O)C(=Cc2cccs2)SC1=S)Nc1ccc2c(c1)OCO2. The average Bonchev–Trinajstić information content (AvgIpc) is 3.33. The van der Waals surface area contributed by atoms with E-state index < -0.39 is 0 Å². The minimum absolute atomic E-state index is 0.138. The van der Waals surface area contributed by atoms with Crippen molar-refractivity contribution in [2.45, 2.75) is 0 Å². The lowest BCUT2D eigenvalue weighted by molar-refractivity contribution is -0.126. The summed E-state index contributed by atoms with van der Waals surface area (Å²) >= 11 is 7.99. The number of hydrogen-bond acceptors (Lipinski definition) is 7. The lowest BCUT2D eigenvalue weighted by atomic mass is 10.2. The van der Waals surface area contributed by atoms with E-state index in [0.717, 1.165) is 4.88 Å². The zero-order chi connectivity index (χ0) is 18.1. The van der Waals surface area contributed by atoms with Crippen LogP contribution >= 0.6 is 35.3 Å². The van der Waals surface area contributed by atoms with Gasteiger partial charge in [-0.25, -0.2) is 0 Å². The number of thiophene rings is 1. The van der Waals surface area contributed by atoms with Crippen LogP contribution in [0.4, 0.5) is 5.69 Å². The number of thiocarbonyl (C=S) groups is 1. The van der Waals surface area contributed by atoms with Crippen LogP contribution in [0.1, 0.15) is 4.88 Å². The number of amides is 2. The van der Waals surface area contributed by atoms with Crippen molar-refractivity contribution in [2.24, 2.45) is 0 Å². The zero-order valence-corrected chi connectivity index (χ0v) is 15.7. The Morgan fingerprint density at radius 2 is 2.15 bits per heavy atom. The molecule has 0 atom stereocenters. The number of rotatable bonds is 4. The highest BCUT2D eigenvalue weighted by Crippen LogP contribution is 2.35. The van der Waals surface area contributed by atoms with Gasteiger partial charge in [-0.05, 0) is 29.7 Å². The number of nitrogens with zero attached hydrogens (tertiary/aromatic N) is 1. The van der Waals surface area contributed by atoms with Crippen molar-refractivity contribution in [1.29, 1.82) is 0 Å². The molecule has 1 fully saturated rings. The molecule has 1 aromatic carbocycles. The molecule has 0 spiro atoms. The lowest BCUT2D eigenvalue weighted by Gasteiger charge is -2.14. The molecule has 1 N–H and O–H groups in total. The summed E-state index contributed by atoms with van der Waals surface area (Å²) < 4.78 is 10.9. The third-order valence-corrected chi connectivity index (χ3v) is 5.85. The Bertz CT molecular complexity index is 924. The number of fused-ring (bicyclic) bond motifs is 1. The number of hydrogen-bond donors (Lipinski definition) is 1. The minimum atomic E-state index is -0.336. The summed E-state index contributed by atoms with van der Waals surface area (Å²) in [4.78, 5) is 27.6. The minimum Gasteiger partial charge on any atom is -0.454 e. The molecule has 26 heavy (non-hydrogen) atoms. The molecule has 2 aromatic rings. The predicted octanol–water partition coefficient (Wildman–Crippen LogP) is 3.32. The number of nitrogens with one attached hydrogen (secondary N) is 1. The van der Waals surface area contributed by atoms with Crippen LogP contribution in [-0.2, 0) is 9.59 Å². The molecular formula is C17H12N2O4S3. The highest BCUT2D eigenvalue weighted by Gasteiger charge is 2.33. The molecular weight excluding hydrogens is 392 g/mol. The van der Waals surface area contributed by atoms with E-state index in [1.165, 1.54) is 28.0 Å². The fourth-order valence-corrected chi connectivity index (χ4v) is 4.44. The van der Waals surface area contributed by atoms with Crippen LogP contribution in [0.5, 0.6) is 11.5 Å². The normalized spacial score (nSPS) is 17.2. The standard InChI is InChI=1S/C17H12N2O4S3/c20-15(18-10-3-4-12-13(6-10)23-9-22-12)8-19-16(21)14(26-17(19)24)7-11-2-1-5-25-11/h1-7H,8-9H2,(H,18,20). The first-order valence-electron chi connectivity index (χ1n) is 7.58. The van der Waals surface area contributed by atoms with E-state index in [2.05, 4.69) is 5.32 Å². The van der Waals surface area contributed by atoms with Gasteiger partial charge >= 0.3 is 0 Å². The van der Waals surface area contributed by atoms with Crippen LogP contribution in [0, 0.1) is 0 Å². The summed E-state index contributed by atoms with van der Waals surface area (Å²) in [6, 6.07) is 8.95. The topological polar surface area (TPSA) is 67.9 Å². The number of benzene rings is 1. The Balaban J connectivity index is 1.42. The Morgan fingerprint density at radius 1 is 1.31 bits per heavy atom. The molecule has 0 saturated carbocycles. The van der Waals surface area contributed by atoms with Gasteiger partial charge in [0.05, 0.1) is 4.91 Å². The van der Waals surface area contributed by atoms with E-state index in [1.54, 1.807) is 24.3 Å². The van der Waals surface area contributed by atoms with E-state index in [-0.39, 0.29) is 25.2 Å². The number of carbonyl (C=O) groups excluding carboxylic acids is 2. The zero-order valence-electron chi connectivity index (χ0n) is 13.3. The fraction of sp³-hybridized carbons (Fsp3) is 0.118. The monoisotopic (exact) mass is 404 g/mol. The summed E-state index contributed by atoms with van der Waals surface area (Å²) in [7, 11) is 0. The van der Waals surface area contributed by atoms with Crippen LogP contribution in [0.3, 0.4) is 0 Å². The molecule has 2 aliphatic rings. The highest BCUT2D eigenvalue weighted by atomic mass is 32.2. The molecule has 0 radical (unpaired) electrons. The number of anilines is 1. The van der Waals surface area contributed by atoms with Crippen LogP contribution < -0.4 is 14.8 Å². The van der Waals surface area contributed by atoms with Crippen molar-refractivity contribution in [3.63, 3.8) is 0 Å². The van der Waals surface area contributed by atoms with E-state index in [1.807, 2.05) is 17.5 Å². The number of carbonyl (C=O) groups is 2. The molecule has 2 aliphatic heterocycles. The molecule has 0 bridgehead atoms. The highest BCUT2D eigenvalue weighted by molar-refractivity contribution is 8.26. The summed E-state index contributed by atoms with van der Waals surface area (Å²) in [6.45, 7) is 0.0285. The van der Waals surface area contributed by atoms with Gasteiger partial charge in [0.25, 0.3) is 5.91 Å². The Hall–Kier alpha value is -2.36. The molecule has 2 amide bonds. The summed E-state index contributed by atoms with van der Waals surface area (Å²) in [5.74, 6) is 0.623. The van der Waals surface area contributed by atoms with Crippen molar-refractivity contribution in [3.8, 4) is 11.5 Å². The van der Waals surface area contributed by atoms with Crippen LogP contribution in [0.25, 0.3) is 6.08 Å². The van der Waals surface area contributed by atoms with Crippen LogP contribution in [0.2, 0.25) is 0 Å². The van der Waals surface area contributed by atoms with E-state index >= 15 is 0 Å². The first kappa shape index (κ1) is 17.1. The Morgan fingerprint density at radius 3 is 2.96 bits per heavy atom. The third-order valence-electron chi connectivity index (χ3n) is 3.65. The number of thioether (sulfide) groups is 1. The third kappa shape index (κ3) is 3.46. The number of ether oxygens (including phenoxy) is 2. The largest absolute Gasteiger partial charge is 0.454 e. The van der Waals surface area contributed by atoms with Gasteiger partial charge in [0.2, 0.25) is 12.7 Å². The maximum atomic E-state index is 12.5. The molecule has 132 valence electrons. The van der Waals surface area contributed by atoms with Crippen molar-refractivity contribution >= 4 is 63.2 Å². The molecule has 9 heteroatoms. The molecule has 6 nitrogen and oxygen atoms in total. The van der Waals surface area contributed by atoms with Gasteiger partial charge in [-0.3, -0.25) is 14.5 Å². The summed E-state index contributed by atoms with van der Waals surface area (Å²) in [6.07, 6.45) is 1.79. The predicted molar refractivity (Wildman–Crippen MR) is 105 cm³/mol. The smallest absolute Gasteiger partial charge is 0.266 e. The molecule has 0 unspecified atom stereocenters. The summed E-state index contributed by atoms with van der Waals surface area (Å²) in [5, 5.41) is 4.68. The first-order valence-corrected chi connectivity index (χ1v) is 9.69. The Kier molecular flexibility index (Phi) is 4.66. The van der Waals surface area contributed by atoms with Crippen molar-refractivity contribution in [2.75, 3.05) is 18.7 Å². The molecule has 1 saturated heterocycles. The van der Waals surface area contributed by atoms with Gasteiger partial charge in [0.15, 0.2) is 11.5 Å². The lowest BCUT2D eigenvalue weighted by Crippen LogP contribution is -2.36. The Labute approximate surface area is 162 Å².